The minimum absolute atomic E-state index is 0.0944. The molecule has 112 valence electrons. The second-order valence-electron chi connectivity index (χ2n) is 4.84. The summed E-state index contributed by atoms with van der Waals surface area (Å²) in [5, 5.41) is 7.67. The van der Waals surface area contributed by atoms with Gasteiger partial charge in [0.2, 0.25) is 5.91 Å². The van der Waals surface area contributed by atoms with Gasteiger partial charge in [0.05, 0.1) is 17.2 Å². The highest BCUT2D eigenvalue weighted by molar-refractivity contribution is 7.11. The Balaban J connectivity index is 1.88. The Labute approximate surface area is 133 Å². The number of aromatic nitrogens is 1. The third kappa shape index (κ3) is 4.52. The van der Waals surface area contributed by atoms with Crippen LogP contribution in [0.4, 0.5) is 5.69 Å². The van der Waals surface area contributed by atoms with Crippen LogP contribution in [0.2, 0.25) is 5.02 Å². The number of thiazole rings is 1. The molecule has 0 spiro atoms. The summed E-state index contributed by atoms with van der Waals surface area (Å²) in [5.41, 5.74) is 1.72. The highest BCUT2D eigenvalue weighted by atomic mass is 35.5. The number of amides is 1. The quantitative estimate of drug-likeness (QED) is 0.882. The second kappa shape index (κ2) is 7.02. The molecule has 1 heterocycles. The molecule has 1 atom stereocenters. The van der Waals surface area contributed by atoms with Crippen LogP contribution in [0.5, 0.6) is 0 Å². The van der Waals surface area contributed by atoms with Crippen molar-refractivity contribution in [1.82, 2.24) is 10.3 Å². The van der Waals surface area contributed by atoms with Gasteiger partial charge in [-0.2, -0.15) is 0 Å². The average molecular weight is 324 g/mol. The standard InChI is InChI=1S/C15H18ClN3OS/c1-9(15-10(2)18-11(3)21-15)17-8-14(20)19-13-6-4-5-12(16)7-13/h4-7,9,17H,8H2,1-3H3,(H,19,20). The number of halogens is 1. The van der Waals surface area contributed by atoms with Crippen LogP contribution >= 0.6 is 22.9 Å². The lowest BCUT2D eigenvalue weighted by Crippen LogP contribution is -2.30. The van der Waals surface area contributed by atoms with E-state index in [4.69, 9.17) is 11.6 Å². The lowest BCUT2D eigenvalue weighted by atomic mass is 10.2. The number of carbonyl (C=O) groups excluding carboxylic acids is 1. The van der Waals surface area contributed by atoms with Crippen LogP contribution in [0.25, 0.3) is 0 Å². The Hall–Kier alpha value is -1.43. The van der Waals surface area contributed by atoms with Gasteiger partial charge in [-0.25, -0.2) is 4.98 Å². The molecule has 0 aliphatic carbocycles. The van der Waals surface area contributed by atoms with Crippen molar-refractivity contribution < 1.29 is 4.79 Å². The van der Waals surface area contributed by atoms with E-state index in [1.807, 2.05) is 26.8 Å². The van der Waals surface area contributed by atoms with Crippen LogP contribution in [0, 0.1) is 13.8 Å². The molecule has 4 nitrogen and oxygen atoms in total. The van der Waals surface area contributed by atoms with Gasteiger partial charge < -0.3 is 10.6 Å². The minimum atomic E-state index is -0.0944. The summed E-state index contributed by atoms with van der Waals surface area (Å²) in [5.74, 6) is -0.0944. The van der Waals surface area contributed by atoms with Crippen LogP contribution in [-0.2, 0) is 4.79 Å². The number of hydrogen-bond donors (Lipinski definition) is 2. The third-order valence-electron chi connectivity index (χ3n) is 3.01. The number of aryl methyl sites for hydroxylation is 2. The van der Waals surface area contributed by atoms with Crippen molar-refractivity contribution in [2.45, 2.75) is 26.8 Å². The predicted molar refractivity (Wildman–Crippen MR) is 88.1 cm³/mol. The number of benzene rings is 1. The van der Waals surface area contributed by atoms with Crippen LogP contribution < -0.4 is 10.6 Å². The molecule has 0 bridgehead atoms. The molecular formula is C15H18ClN3OS. The van der Waals surface area contributed by atoms with E-state index in [1.54, 1.807) is 29.5 Å². The van der Waals surface area contributed by atoms with E-state index >= 15 is 0 Å². The van der Waals surface area contributed by atoms with Gasteiger partial charge in [-0.05, 0) is 39.0 Å². The maximum Gasteiger partial charge on any atom is 0.238 e. The van der Waals surface area contributed by atoms with E-state index in [-0.39, 0.29) is 18.5 Å². The monoisotopic (exact) mass is 323 g/mol. The number of hydrogen-bond acceptors (Lipinski definition) is 4. The van der Waals surface area contributed by atoms with E-state index in [9.17, 15) is 4.79 Å². The molecule has 0 saturated heterocycles. The number of anilines is 1. The van der Waals surface area contributed by atoms with E-state index in [0.717, 1.165) is 10.7 Å². The first-order valence-corrected chi connectivity index (χ1v) is 7.88. The Morgan fingerprint density at radius 1 is 1.43 bits per heavy atom. The average Bonchev–Trinajstić information content (AvgIpc) is 2.75. The van der Waals surface area contributed by atoms with E-state index in [2.05, 4.69) is 15.6 Å². The Morgan fingerprint density at radius 2 is 2.19 bits per heavy atom. The van der Waals surface area contributed by atoms with Gasteiger partial charge in [-0.3, -0.25) is 4.79 Å². The Morgan fingerprint density at radius 3 is 2.81 bits per heavy atom. The van der Waals surface area contributed by atoms with Gasteiger partial charge in [-0.15, -0.1) is 11.3 Å². The lowest BCUT2D eigenvalue weighted by Gasteiger charge is -2.13. The molecule has 1 aromatic heterocycles. The van der Waals surface area contributed by atoms with Crippen LogP contribution in [0.1, 0.15) is 28.5 Å². The summed E-state index contributed by atoms with van der Waals surface area (Å²) in [4.78, 5) is 17.5. The smallest absolute Gasteiger partial charge is 0.238 e. The highest BCUT2D eigenvalue weighted by Gasteiger charge is 2.13. The van der Waals surface area contributed by atoms with E-state index < -0.39 is 0 Å². The van der Waals surface area contributed by atoms with Crippen molar-refractivity contribution in [2.24, 2.45) is 0 Å². The SMILES string of the molecule is Cc1nc(C)c(C(C)NCC(=O)Nc2cccc(Cl)c2)s1. The molecule has 0 aliphatic rings. The fourth-order valence-corrected chi connectivity index (χ4v) is 3.20. The van der Waals surface area contributed by atoms with E-state index in [0.29, 0.717) is 10.7 Å². The normalized spacial score (nSPS) is 12.2. The molecule has 2 N–H and O–H groups in total. The van der Waals surface area contributed by atoms with Crippen molar-refractivity contribution in [1.29, 1.82) is 0 Å². The lowest BCUT2D eigenvalue weighted by molar-refractivity contribution is -0.115. The summed E-state index contributed by atoms with van der Waals surface area (Å²) < 4.78 is 0. The summed E-state index contributed by atoms with van der Waals surface area (Å²) in [6.45, 7) is 6.25. The summed E-state index contributed by atoms with van der Waals surface area (Å²) in [7, 11) is 0. The largest absolute Gasteiger partial charge is 0.325 e. The molecule has 6 heteroatoms. The molecule has 1 amide bonds. The number of nitrogens with zero attached hydrogens (tertiary/aromatic N) is 1. The van der Waals surface area contributed by atoms with Crippen LogP contribution in [-0.4, -0.2) is 17.4 Å². The van der Waals surface area contributed by atoms with Crippen LogP contribution in [0.15, 0.2) is 24.3 Å². The maximum absolute atomic E-state index is 11.9. The van der Waals surface area contributed by atoms with Gasteiger partial charge in [0.1, 0.15) is 0 Å². The van der Waals surface area contributed by atoms with Crippen molar-refractivity contribution in [2.75, 3.05) is 11.9 Å². The van der Waals surface area contributed by atoms with Crippen molar-refractivity contribution in [3.63, 3.8) is 0 Å². The first-order chi connectivity index (χ1) is 9.95. The molecule has 2 rings (SSSR count). The van der Waals surface area contributed by atoms with Gasteiger partial charge in [0.25, 0.3) is 0 Å². The van der Waals surface area contributed by atoms with Gasteiger partial charge in [-0.1, -0.05) is 17.7 Å². The van der Waals surface area contributed by atoms with Gasteiger partial charge in [0, 0.05) is 21.6 Å². The van der Waals surface area contributed by atoms with Crippen molar-refractivity contribution >= 4 is 34.5 Å². The number of carbonyl (C=O) groups is 1. The molecule has 21 heavy (non-hydrogen) atoms. The summed E-state index contributed by atoms with van der Waals surface area (Å²) in [6, 6.07) is 7.20. The van der Waals surface area contributed by atoms with Crippen molar-refractivity contribution in [3.05, 3.63) is 44.9 Å². The maximum atomic E-state index is 11.9. The second-order valence-corrected chi connectivity index (χ2v) is 6.51. The summed E-state index contributed by atoms with van der Waals surface area (Å²) in [6.07, 6.45) is 0. The molecule has 1 aromatic carbocycles. The molecular weight excluding hydrogens is 306 g/mol. The zero-order valence-corrected chi connectivity index (χ0v) is 13.8. The third-order valence-corrected chi connectivity index (χ3v) is 4.50. The highest BCUT2D eigenvalue weighted by Crippen LogP contribution is 2.24. The van der Waals surface area contributed by atoms with E-state index in [1.165, 1.54) is 4.88 Å². The zero-order valence-electron chi connectivity index (χ0n) is 12.2. The number of rotatable bonds is 5. The Kier molecular flexibility index (Phi) is 5.33. The minimum Gasteiger partial charge on any atom is -0.325 e. The van der Waals surface area contributed by atoms with Crippen molar-refractivity contribution in [3.8, 4) is 0 Å². The fourth-order valence-electron chi connectivity index (χ4n) is 2.06. The Bertz CT molecular complexity index is 642. The molecule has 0 saturated carbocycles. The molecule has 0 fully saturated rings. The molecule has 0 radical (unpaired) electrons. The molecule has 1 unspecified atom stereocenters. The van der Waals surface area contributed by atoms with Gasteiger partial charge >= 0.3 is 0 Å². The topological polar surface area (TPSA) is 54.0 Å². The van der Waals surface area contributed by atoms with Crippen LogP contribution in [0.3, 0.4) is 0 Å². The molecule has 0 aliphatic heterocycles. The molecule has 2 aromatic rings. The first kappa shape index (κ1) is 15.9. The fraction of sp³-hybridized carbons (Fsp3) is 0.333. The first-order valence-electron chi connectivity index (χ1n) is 6.68. The predicted octanol–water partition coefficient (Wildman–Crippen LogP) is 3.70. The van der Waals surface area contributed by atoms with Gasteiger partial charge in [0.15, 0.2) is 0 Å². The zero-order chi connectivity index (χ0) is 15.4. The summed E-state index contributed by atoms with van der Waals surface area (Å²) >= 11 is 7.54. The number of nitrogens with one attached hydrogen (secondary N) is 2.